The third-order valence-electron chi connectivity index (χ3n) is 3.35. The second-order valence-corrected chi connectivity index (χ2v) is 4.83. The van der Waals surface area contributed by atoms with Gasteiger partial charge in [-0.15, -0.1) is 0 Å². The summed E-state index contributed by atoms with van der Waals surface area (Å²) in [4.78, 5) is 13.1. The summed E-state index contributed by atoms with van der Waals surface area (Å²) in [5.74, 6) is -1.02. The van der Waals surface area contributed by atoms with E-state index in [-0.39, 0.29) is 5.57 Å². The molecule has 0 fully saturated rings. The van der Waals surface area contributed by atoms with E-state index >= 15 is 0 Å². The maximum absolute atomic E-state index is 12.5. The van der Waals surface area contributed by atoms with E-state index < -0.39 is 17.7 Å². The van der Waals surface area contributed by atoms with E-state index in [1.54, 1.807) is 0 Å². The fourth-order valence-electron chi connectivity index (χ4n) is 2.27. The highest BCUT2D eigenvalue weighted by Gasteiger charge is 2.30. The van der Waals surface area contributed by atoms with Gasteiger partial charge in [-0.2, -0.15) is 13.2 Å². The number of nitrogens with zero attached hydrogens (tertiary/aromatic N) is 1. The van der Waals surface area contributed by atoms with E-state index in [9.17, 15) is 23.1 Å². The Balaban J connectivity index is 2.39. The second-order valence-electron chi connectivity index (χ2n) is 4.83. The van der Waals surface area contributed by atoms with Gasteiger partial charge < -0.3 is 10.0 Å². The monoisotopic (exact) mass is 285 g/mol. The summed E-state index contributed by atoms with van der Waals surface area (Å²) < 4.78 is 37.5. The van der Waals surface area contributed by atoms with Crippen molar-refractivity contribution in [2.24, 2.45) is 0 Å². The first kappa shape index (κ1) is 14.6. The van der Waals surface area contributed by atoms with Gasteiger partial charge in [0.2, 0.25) is 0 Å². The van der Waals surface area contributed by atoms with Gasteiger partial charge in [0.25, 0.3) is 0 Å². The lowest BCUT2D eigenvalue weighted by Crippen LogP contribution is -2.30. The van der Waals surface area contributed by atoms with Crippen molar-refractivity contribution in [3.63, 3.8) is 0 Å². The number of aliphatic carboxylic acids is 1. The Labute approximate surface area is 114 Å². The van der Waals surface area contributed by atoms with Gasteiger partial charge in [0, 0.05) is 13.1 Å². The largest absolute Gasteiger partial charge is 0.478 e. The molecule has 0 atom stereocenters. The number of carboxylic acid groups (broad SMARTS) is 1. The van der Waals surface area contributed by atoms with Gasteiger partial charge in [0.1, 0.15) is 0 Å². The maximum atomic E-state index is 12.5. The molecule has 0 unspecified atom stereocenters. The predicted molar refractivity (Wildman–Crippen MR) is 68.1 cm³/mol. The molecule has 1 aliphatic rings. The average Bonchev–Trinajstić information content (AvgIpc) is 2.37. The standard InChI is InChI=1S/C14H14F3NO2/c1-18-7-6-11(12(8-18)13(19)20)9-2-4-10(5-3-9)14(15,16)17/h2-5H,6-8H2,1H3,(H,19,20). The van der Waals surface area contributed by atoms with Crippen LogP contribution in [0.25, 0.3) is 5.57 Å². The van der Waals surface area contributed by atoms with Gasteiger partial charge in [-0.3, -0.25) is 0 Å². The third kappa shape index (κ3) is 3.01. The van der Waals surface area contributed by atoms with Gasteiger partial charge in [-0.1, -0.05) is 12.1 Å². The van der Waals surface area contributed by atoms with E-state index in [0.717, 1.165) is 12.1 Å². The Morgan fingerprint density at radius 2 is 1.85 bits per heavy atom. The minimum absolute atomic E-state index is 0.249. The molecule has 1 N–H and O–H groups in total. The van der Waals surface area contributed by atoms with Crippen LogP contribution in [0.3, 0.4) is 0 Å². The van der Waals surface area contributed by atoms with Gasteiger partial charge in [0.15, 0.2) is 0 Å². The van der Waals surface area contributed by atoms with E-state index in [1.807, 2.05) is 11.9 Å². The number of benzene rings is 1. The fourth-order valence-corrected chi connectivity index (χ4v) is 2.27. The van der Waals surface area contributed by atoms with E-state index in [2.05, 4.69) is 0 Å². The first-order valence-electron chi connectivity index (χ1n) is 6.10. The SMILES string of the molecule is CN1CCC(c2ccc(C(F)(F)F)cc2)=C(C(=O)O)C1. The number of rotatable bonds is 2. The molecular weight excluding hydrogens is 271 g/mol. The van der Waals surface area contributed by atoms with Crippen LogP contribution >= 0.6 is 0 Å². The van der Waals surface area contributed by atoms with Gasteiger partial charge in [-0.05, 0) is 36.7 Å². The first-order valence-corrected chi connectivity index (χ1v) is 6.10. The lowest BCUT2D eigenvalue weighted by molar-refractivity contribution is -0.137. The van der Waals surface area contributed by atoms with Gasteiger partial charge in [-0.25, -0.2) is 4.79 Å². The first-order chi connectivity index (χ1) is 9.29. The molecule has 6 heteroatoms. The number of hydrogen-bond acceptors (Lipinski definition) is 2. The third-order valence-corrected chi connectivity index (χ3v) is 3.35. The molecule has 108 valence electrons. The molecule has 0 saturated heterocycles. The normalized spacial score (nSPS) is 17.4. The minimum Gasteiger partial charge on any atom is -0.478 e. The summed E-state index contributed by atoms with van der Waals surface area (Å²) in [6.07, 6.45) is -3.86. The highest BCUT2D eigenvalue weighted by Crippen LogP contribution is 2.32. The highest BCUT2D eigenvalue weighted by molar-refractivity contribution is 5.97. The molecule has 0 amide bonds. The number of carboxylic acids is 1. The Hall–Kier alpha value is -1.82. The fraction of sp³-hybridized carbons (Fsp3) is 0.357. The zero-order valence-electron chi connectivity index (χ0n) is 10.9. The van der Waals surface area contributed by atoms with Crippen LogP contribution < -0.4 is 0 Å². The van der Waals surface area contributed by atoms with Crippen molar-refractivity contribution >= 4 is 11.5 Å². The zero-order chi connectivity index (χ0) is 14.9. The lowest BCUT2D eigenvalue weighted by atomic mass is 9.93. The number of alkyl halides is 3. The molecular formula is C14H14F3NO2. The van der Waals surface area contributed by atoms with Crippen LogP contribution in [0.2, 0.25) is 0 Å². The molecule has 20 heavy (non-hydrogen) atoms. The summed E-state index contributed by atoms with van der Waals surface area (Å²) in [5, 5.41) is 9.21. The van der Waals surface area contributed by atoms with Crippen LogP contribution in [0.1, 0.15) is 17.5 Å². The highest BCUT2D eigenvalue weighted by atomic mass is 19.4. The van der Waals surface area contributed by atoms with Gasteiger partial charge >= 0.3 is 12.1 Å². The van der Waals surface area contributed by atoms with Crippen molar-refractivity contribution in [3.8, 4) is 0 Å². The summed E-state index contributed by atoms with van der Waals surface area (Å²) in [7, 11) is 1.81. The van der Waals surface area contributed by atoms with Crippen molar-refractivity contribution in [3.05, 3.63) is 41.0 Å². The molecule has 1 heterocycles. The topological polar surface area (TPSA) is 40.5 Å². The Bertz CT molecular complexity index is 547. The van der Waals surface area contributed by atoms with Crippen molar-refractivity contribution in [2.75, 3.05) is 20.1 Å². The van der Waals surface area contributed by atoms with Crippen molar-refractivity contribution in [2.45, 2.75) is 12.6 Å². The van der Waals surface area contributed by atoms with Crippen LogP contribution in [-0.4, -0.2) is 36.1 Å². The zero-order valence-corrected chi connectivity index (χ0v) is 10.9. The van der Waals surface area contributed by atoms with E-state index in [4.69, 9.17) is 0 Å². The number of carbonyl (C=O) groups is 1. The molecule has 0 radical (unpaired) electrons. The molecule has 3 nitrogen and oxygen atoms in total. The predicted octanol–water partition coefficient (Wildman–Crippen LogP) is 2.88. The molecule has 0 saturated carbocycles. The Kier molecular flexibility index (Phi) is 3.85. The van der Waals surface area contributed by atoms with Crippen molar-refractivity contribution in [1.82, 2.24) is 4.90 Å². The smallest absolute Gasteiger partial charge is 0.416 e. The average molecular weight is 285 g/mol. The van der Waals surface area contributed by atoms with Crippen LogP contribution in [0.5, 0.6) is 0 Å². The lowest BCUT2D eigenvalue weighted by Gasteiger charge is -2.26. The summed E-state index contributed by atoms with van der Waals surface area (Å²) >= 11 is 0. The summed E-state index contributed by atoms with van der Waals surface area (Å²) in [6.45, 7) is 0.985. The Morgan fingerprint density at radius 1 is 1.25 bits per heavy atom. The second kappa shape index (κ2) is 5.28. The van der Waals surface area contributed by atoms with Crippen LogP contribution in [0, 0.1) is 0 Å². The minimum atomic E-state index is -4.38. The molecule has 1 aromatic rings. The number of hydrogen-bond donors (Lipinski definition) is 1. The summed E-state index contributed by atoms with van der Waals surface area (Å²) in [5.41, 5.74) is 0.679. The van der Waals surface area contributed by atoms with Crippen LogP contribution in [0.4, 0.5) is 13.2 Å². The quantitative estimate of drug-likeness (QED) is 0.908. The van der Waals surface area contributed by atoms with Crippen LogP contribution in [-0.2, 0) is 11.0 Å². The summed E-state index contributed by atoms with van der Waals surface area (Å²) in [6, 6.07) is 4.65. The molecule has 0 aliphatic carbocycles. The van der Waals surface area contributed by atoms with Crippen LogP contribution in [0.15, 0.2) is 29.8 Å². The Morgan fingerprint density at radius 3 is 2.35 bits per heavy atom. The molecule has 0 spiro atoms. The maximum Gasteiger partial charge on any atom is 0.416 e. The van der Waals surface area contributed by atoms with Crippen molar-refractivity contribution in [1.29, 1.82) is 0 Å². The molecule has 0 aromatic heterocycles. The van der Waals surface area contributed by atoms with Crippen molar-refractivity contribution < 1.29 is 23.1 Å². The van der Waals surface area contributed by atoms with Gasteiger partial charge in [0.05, 0.1) is 11.1 Å². The molecule has 1 aromatic carbocycles. The molecule has 1 aliphatic heterocycles. The van der Waals surface area contributed by atoms with E-state index in [0.29, 0.717) is 30.6 Å². The number of halogens is 3. The number of likely N-dealkylation sites (N-methyl/N-ethyl adjacent to an activating group) is 1. The van der Waals surface area contributed by atoms with E-state index in [1.165, 1.54) is 12.1 Å². The molecule has 0 bridgehead atoms. The molecule has 2 rings (SSSR count).